The second-order valence-corrected chi connectivity index (χ2v) is 7.32. The maximum atomic E-state index is 13.0. The van der Waals surface area contributed by atoms with E-state index in [2.05, 4.69) is 12.2 Å². The summed E-state index contributed by atoms with van der Waals surface area (Å²) in [7, 11) is 1.57. The van der Waals surface area contributed by atoms with Crippen molar-refractivity contribution in [3.05, 3.63) is 29.8 Å². The van der Waals surface area contributed by atoms with Crippen LogP contribution in [0, 0.1) is 0 Å². The van der Waals surface area contributed by atoms with E-state index in [1.807, 2.05) is 4.90 Å². The minimum Gasteiger partial charge on any atom is -0.497 e. The molecular weight excluding hydrogens is 346 g/mol. The van der Waals surface area contributed by atoms with Crippen molar-refractivity contribution in [2.24, 2.45) is 0 Å². The number of nitrogens with one attached hydrogen (secondary N) is 1. The highest BCUT2D eigenvalue weighted by Crippen LogP contribution is 2.30. The van der Waals surface area contributed by atoms with Gasteiger partial charge < -0.3 is 15.0 Å². The Morgan fingerprint density at radius 1 is 1.26 bits per heavy atom. The van der Waals surface area contributed by atoms with E-state index in [9.17, 15) is 14.4 Å². The van der Waals surface area contributed by atoms with Gasteiger partial charge in [0.15, 0.2) is 0 Å². The molecule has 146 valence electrons. The van der Waals surface area contributed by atoms with E-state index in [4.69, 9.17) is 4.74 Å². The zero-order chi connectivity index (χ0) is 19.6. The van der Waals surface area contributed by atoms with Gasteiger partial charge in [-0.05, 0) is 50.3 Å². The summed E-state index contributed by atoms with van der Waals surface area (Å²) in [5.41, 5.74) is -0.531. The Morgan fingerprint density at radius 2 is 1.96 bits per heavy atom. The first-order valence-electron chi connectivity index (χ1n) is 9.48. The third-order valence-electron chi connectivity index (χ3n) is 5.65. The lowest BCUT2D eigenvalue weighted by molar-refractivity contribution is -0.141. The number of rotatable bonds is 5. The summed E-state index contributed by atoms with van der Waals surface area (Å²) in [6.07, 6.45) is 3.94. The fourth-order valence-corrected chi connectivity index (χ4v) is 3.94. The van der Waals surface area contributed by atoms with Crippen molar-refractivity contribution in [3.63, 3.8) is 0 Å². The Hall–Kier alpha value is -2.57. The van der Waals surface area contributed by atoms with Crippen molar-refractivity contribution in [2.75, 3.05) is 20.2 Å². The highest BCUT2D eigenvalue weighted by molar-refractivity contribution is 6.09. The van der Waals surface area contributed by atoms with Crippen LogP contribution in [0.25, 0.3) is 0 Å². The largest absolute Gasteiger partial charge is 0.497 e. The molecule has 27 heavy (non-hydrogen) atoms. The van der Waals surface area contributed by atoms with Crippen molar-refractivity contribution in [3.8, 4) is 5.75 Å². The molecule has 3 rings (SSSR count). The van der Waals surface area contributed by atoms with Gasteiger partial charge in [0.05, 0.1) is 7.11 Å². The molecule has 0 aliphatic carbocycles. The monoisotopic (exact) mass is 373 g/mol. The van der Waals surface area contributed by atoms with Crippen LogP contribution in [0.4, 0.5) is 4.79 Å². The van der Waals surface area contributed by atoms with Crippen LogP contribution in [-0.2, 0) is 15.1 Å². The van der Waals surface area contributed by atoms with Crippen LogP contribution in [0.15, 0.2) is 24.3 Å². The number of hydrogen-bond acceptors (Lipinski definition) is 4. The van der Waals surface area contributed by atoms with Crippen molar-refractivity contribution in [2.45, 2.75) is 51.1 Å². The SMILES string of the molecule is CC[C@@H]1CCCCN1C(=O)CN1C(=O)N[C@](C)(c2ccc(OC)cc2)C1=O. The minimum atomic E-state index is -1.18. The molecule has 0 unspecified atom stereocenters. The fourth-order valence-electron chi connectivity index (χ4n) is 3.94. The number of piperidine rings is 1. The summed E-state index contributed by atoms with van der Waals surface area (Å²) in [5, 5.41) is 2.74. The smallest absolute Gasteiger partial charge is 0.325 e. The number of methoxy groups -OCH3 is 1. The molecule has 2 saturated heterocycles. The second-order valence-electron chi connectivity index (χ2n) is 7.32. The molecule has 2 atom stereocenters. The Morgan fingerprint density at radius 3 is 2.59 bits per heavy atom. The lowest BCUT2D eigenvalue weighted by atomic mass is 9.92. The molecule has 0 radical (unpaired) electrons. The number of carbonyl (C=O) groups excluding carboxylic acids is 3. The highest BCUT2D eigenvalue weighted by Gasteiger charge is 2.49. The molecule has 1 aromatic carbocycles. The van der Waals surface area contributed by atoms with Gasteiger partial charge in [-0.15, -0.1) is 0 Å². The number of benzene rings is 1. The molecule has 1 aromatic rings. The first-order valence-corrected chi connectivity index (χ1v) is 9.48. The zero-order valence-corrected chi connectivity index (χ0v) is 16.2. The van der Waals surface area contributed by atoms with Gasteiger partial charge in [0.2, 0.25) is 5.91 Å². The number of hydrogen-bond donors (Lipinski definition) is 1. The van der Waals surface area contributed by atoms with Crippen LogP contribution < -0.4 is 10.1 Å². The van der Waals surface area contributed by atoms with Gasteiger partial charge in [0, 0.05) is 12.6 Å². The third-order valence-corrected chi connectivity index (χ3v) is 5.65. The number of urea groups is 1. The fraction of sp³-hybridized carbons (Fsp3) is 0.550. The van der Waals surface area contributed by atoms with Crippen LogP contribution >= 0.6 is 0 Å². The van der Waals surface area contributed by atoms with E-state index < -0.39 is 17.5 Å². The van der Waals surface area contributed by atoms with Crippen molar-refractivity contribution in [1.29, 1.82) is 0 Å². The highest BCUT2D eigenvalue weighted by atomic mass is 16.5. The molecule has 0 aromatic heterocycles. The summed E-state index contributed by atoms with van der Waals surface area (Å²) in [4.78, 5) is 41.1. The van der Waals surface area contributed by atoms with Gasteiger partial charge in [-0.2, -0.15) is 0 Å². The predicted molar refractivity (Wildman–Crippen MR) is 100 cm³/mol. The molecule has 7 heteroatoms. The average Bonchev–Trinajstić information content (AvgIpc) is 2.91. The van der Waals surface area contributed by atoms with Crippen LogP contribution in [0.1, 0.15) is 45.1 Å². The Kier molecular flexibility index (Phi) is 5.39. The van der Waals surface area contributed by atoms with Gasteiger partial charge >= 0.3 is 6.03 Å². The maximum absolute atomic E-state index is 13.0. The molecule has 2 aliphatic heterocycles. The first-order chi connectivity index (χ1) is 12.9. The van der Waals surface area contributed by atoms with E-state index in [1.54, 1.807) is 38.3 Å². The number of ether oxygens (including phenoxy) is 1. The molecule has 2 fully saturated rings. The quantitative estimate of drug-likeness (QED) is 0.803. The first kappa shape index (κ1) is 19.2. The molecule has 0 saturated carbocycles. The Bertz CT molecular complexity index is 733. The molecule has 2 heterocycles. The van der Waals surface area contributed by atoms with Crippen molar-refractivity contribution in [1.82, 2.24) is 15.1 Å². The Balaban J connectivity index is 1.76. The number of likely N-dealkylation sites (tertiary alicyclic amines) is 1. The number of carbonyl (C=O) groups is 3. The topological polar surface area (TPSA) is 79.0 Å². The van der Waals surface area contributed by atoms with E-state index in [1.165, 1.54) is 0 Å². The van der Waals surface area contributed by atoms with E-state index in [-0.39, 0.29) is 18.5 Å². The summed E-state index contributed by atoms with van der Waals surface area (Å²) in [6, 6.07) is 6.65. The normalized spacial score (nSPS) is 25.5. The molecule has 1 N–H and O–H groups in total. The minimum absolute atomic E-state index is 0.163. The summed E-state index contributed by atoms with van der Waals surface area (Å²) < 4.78 is 5.14. The number of nitrogens with zero attached hydrogens (tertiary/aromatic N) is 2. The van der Waals surface area contributed by atoms with Crippen molar-refractivity contribution >= 4 is 17.8 Å². The van der Waals surface area contributed by atoms with Crippen LogP contribution in [0.5, 0.6) is 5.75 Å². The molecule has 7 nitrogen and oxygen atoms in total. The predicted octanol–water partition coefficient (Wildman–Crippen LogP) is 2.25. The number of amides is 4. The molecule has 2 aliphatic rings. The lowest BCUT2D eigenvalue weighted by Gasteiger charge is -2.36. The van der Waals surface area contributed by atoms with E-state index in [0.717, 1.165) is 30.6 Å². The van der Waals surface area contributed by atoms with Gasteiger partial charge in [-0.25, -0.2) is 4.79 Å². The van der Waals surface area contributed by atoms with Gasteiger partial charge in [-0.1, -0.05) is 19.1 Å². The summed E-state index contributed by atoms with van der Waals surface area (Å²) in [6.45, 7) is 4.20. The van der Waals surface area contributed by atoms with Gasteiger partial charge in [0.1, 0.15) is 17.8 Å². The Labute approximate surface area is 159 Å². The van der Waals surface area contributed by atoms with E-state index in [0.29, 0.717) is 17.9 Å². The summed E-state index contributed by atoms with van der Waals surface area (Å²) >= 11 is 0. The van der Waals surface area contributed by atoms with E-state index >= 15 is 0 Å². The van der Waals surface area contributed by atoms with Gasteiger partial charge in [-0.3, -0.25) is 14.5 Å². The molecule has 0 bridgehead atoms. The average molecular weight is 373 g/mol. The summed E-state index contributed by atoms with van der Waals surface area (Å²) in [5.74, 6) is 0.0990. The number of imide groups is 1. The second kappa shape index (κ2) is 7.58. The standard InChI is InChI=1S/C20H27N3O4/c1-4-15-7-5-6-12-22(15)17(24)13-23-18(25)20(2,21-19(23)26)14-8-10-16(27-3)11-9-14/h8-11,15H,4-7,12-13H2,1-3H3,(H,21,26)/t15-,20-/m1/s1. The molecular formula is C20H27N3O4. The van der Waals surface area contributed by atoms with Gasteiger partial charge in [0.25, 0.3) is 5.91 Å². The lowest BCUT2D eigenvalue weighted by Crippen LogP contribution is -2.49. The van der Waals surface area contributed by atoms with Crippen molar-refractivity contribution < 1.29 is 19.1 Å². The van der Waals surface area contributed by atoms with Crippen LogP contribution in [0.3, 0.4) is 0 Å². The maximum Gasteiger partial charge on any atom is 0.325 e. The molecule has 0 spiro atoms. The molecule has 4 amide bonds. The zero-order valence-electron chi connectivity index (χ0n) is 16.2. The van der Waals surface area contributed by atoms with Crippen LogP contribution in [0.2, 0.25) is 0 Å². The van der Waals surface area contributed by atoms with Crippen LogP contribution in [-0.4, -0.2) is 53.9 Å². The third kappa shape index (κ3) is 3.50.